The molecular formula is C22H30N6O2. The fourth-order valence-electron chi connectivity index (χ4n) is 4.93. The lowest BCUT2D eigenvalue weighted by molar-refractivity contribution is -0.135. The molecule has 3 aliphatic heterocycles. The molecule has 30 heavy (non-hydrogen) atoms. The molecule has 5 rings (SSSR count). The summed E-state index contributed by atoms with van der Waals surface area (Å²) in [6, 6.07) is 4.21. The second-order valence-electron chi connectivity index (χ2n) is 8.71. The number of anilines is 1. The summed E-state index contributed by atoms with van der Waals surface area (Å²) in [5.41, 5.74) is 0.930. The van der Waals surface area contributed by atoms with E-state index in [4.69, 9.17) is 4.74 Å². The maximum absolute atomic E-state index is 13.2. The Morgan fingerprint density at radius 1 is 1.07 bits per heavy atom. The molecule has 160 valence electrons. The summed E-state index contributed by atoms with van der Waals surface area (Å²) in [5, 5.41) is 0. The number of rotatable bonds is 6. The highest BCUT2D eigenvalue weighted by atomic mass is 16.5. The number of amides is 1. The Kier molecular flexibility index (Phi) is 5.43. The van der Waals surface area contributed by atoms with Gasteiger partial charge in [0.2, 0.25) is 5.91 Å². The molecule has 1 spiro atoms. The number of carbonyl (C=O) groups is 1. The summed E-state index contributed by atoms with van der Waals surface area (Å²) >= 11 is 0. The van der Waals surface area contributed by atoms with Gasteiger partial charge < -0.3 is 19.1 Å². The first-order valence-electron chi connectivity index (χ1n) is 11.0. The van der Waals surface area contributed by atoms with Crippen molar-refractivity contribution < 1.29 is 9.53 Å². The van der Waals surface area contributed by atoms with Crippen LogP contribution in [0.15, 0.2) is 37.1 Å². The van der Waals surface area contributed by atoms with Gasteiger partial charge in [-0.1, -0.05) is 6.07 Å². The minimum Gasteiger partial charge on any atom is -0.379 e. The highest BCUT2D eigenvalue weighted by Gasteiger charge is 2.50. The van der Waals surface area contributed by atoms with E-state index >= 15 is 0 Å². The third-order valence-electron chi connectivity index (χ3n) is 6.80. The largest absolute Gasteiger partial charge is 0.379 e. The van der Waals surface area contributed by atoms with Crippen LogP contribution < -0.4 is 4.90 Å². The lowest BCUT2D eigenvalue weighted by Crippen LogP contribution is -2.43. The van der Waals surface area contributed by atoms with Crippen molar-refractivity contribution >= 4 is 11.7 Å². The molecule has 3 aliphatic rings. The normalized spacial score (nSPS) is 25.0. The van der Waals surface area contributed by atoms with Gasteiger partial charge >= 0.3 is 0 Å². The zero-order valence-corrected chi connectivity index (χ0v) is 17.4. The molecule has 1 amide bonds. The standard InChI is InChI=1S/C22H30N6O2/c29-21-22(3-6-27(21)10-9-25-11-13-30-14-12-25)4-7-28(17-22)20-2-1-19(15-24-20)16-26-8-5-23-18-26/h1-2,5,8,15,18H,3-4,6-7,9-14,16-17H2. The maximum atomic E-state index is 13.2. The average Bonchev–Trinajstić information content (AvgIpc) is 3.51. The van der Waals surface area contributed by atoms with Crippen molar-refractivity contribution in [3.63, 3.8) is 0 Å². The van der Waals surface area contributed by atoms with Gasteiger partial charge in [0.25, 0.3) is 0 Å². The van der Waals surface area contributed by atoms with Crippen molar-refractivity contribution in [3.8, 4) is 0 Å². The molecule has 8 nitrogen and oxygen atoms in total. The molecule has 0 radical (unpaired) electrons. The van der Waals surface area contributed by atoms with Gasteiger partial charge in [0.1, 0.15) is 5.82 Å². The van der Waals surface area contributed by atoms with E-state index in [9.17, 15) is 4.79 Å². The van der Waals surface area contributed by atoms with Gasteiger partial charge in [-0.2, -0.15) is 0 Å². The molecule has 1 unspecified atom stereocenters. The Morgan fingerprint density at radius 2 is 1.93 bits per heavy atom. The van der Waals surface area contributed by atoms with Crippen LogP contribution in [0.1, 0.15) is 18.4 Å². The average molecular weight is 411 g/mol. The Morgan fingerprint density at radius 3 is 2.70 bits per heavy atom. The predicted octanol–water partition coefficient (Wildman–Crippen LogP) is 1.09. The third kappa shape index (κ3) is 3.94. The van der Waals surface area contributed by atoms with Gasteiger partial charge in [0.15, 0.2) is 0 Å². The van der Waals surface area contributed by atoms with Crippen molar-refractivity contribution in [2.75, 3.05) is 63.9 Å². The lowest BCUT2D eigenvalue weighted by atomic mass is 9.85. The molecule has 1 atom stereocenters. The van der Waals surface area contributed by atoms with E-state index < -0.39 is 0 Å². The molecule has 2 aromatic rings. The molecule has 3 fully saturated rings. The number of imidazole rings is 1. The quantitative estimate of drug-likeness (QED) is 0.710. The molecule has 3 saturated heterocycles. The number of hydrogen-bond acceptors (Lipinski definition) is 6. The van der Waals surface area contributed by atoms with E-state index in [1.807, 2.05) is 23.3 Å². The van der Waals surface area contributed by atoms with Crippen LogP contribution in [-0.2, 0) is 16.1 Å². The van der Waals surface area contributed by atoms with E-state index in [2.05, 4.69) is 36.8 Å². The number of likely N-dealkylation sites (tertiary alicyclic amines) is 1. The number of morpholine rings is 1. The second kappa shape index (κ2) is 8.35. The molecule has 5 heterocycles. The molecule has 0 N–H and O–H groups in total. The van der Waals surface area contributed by atoms with E-state index in [0.29, 0.717) is 5.91 Å². The minimum absolute atomic E-state index is 0.220. The van der Waals surface area contributed by atoms with Crippen LogP contribution in [0.3, 0.4) is 0 Å². The van der Waals surface area contributed by atoms with Gasteiger partial charge in [0.05, 0.1) is 25.0 Å². The zero-order valence-electron chi connectivity index (χ0n) is 17.4. The summed E-state index contributed by atoms with van der Waals surface area (Å²) in [7, 11) is 0. The zero-order chi connectivity index (χ0) is 20.4. The topological polar surface area (TPSA) is 66.7 Å². The molecule has 0 aromatic carbocycles. The van der Waals surface area contributed by atoms with Crippen LogP contribution in [0.4, 0.5) is 5.82 Å². The van der Waals surface area contributed by atoms with Crippen LogP contribution in [0.2, 0.25) is 0 Å². The van der Waals surface area contributed by atoms with Gasteiger partial charge in [-0.15, -0.1) is 0 Å². The number of pyridine rings is 1. The molecule has 0 aliphatic carbocycles. The SMILES string of the molecule is O=C1N(CCN2CCOCC2)CCC12CCN(c1ccc(Cn3ccnc3)cn1)C2. The summed E-state index contributed by atoms with van der Waals surface area (Å²) in [6.45, 7) is 8.69. The van der Waals surface area contributed by atoms with Crippen LogP contribution in [0.25, 0.3) is 0 Å². The predicted molar refractivity (Wildman–Crippen MR) is 113 cm³/mol. The van der Waals surface area contributed by atoms with Gasteiger partial charge in [-0.05, 0) is 24.5 Å². The monoisotopic (exact) mass is 410 g/mol. The highest BCUT2D eigenvalue weighted by Crippen LogP contribution is 2.41. The van der Waals surface area contributed by atoms with Crippen LogP contribution in [0, 0.1) is 5.41 Å². The van der Waals surface area contributed by atoms with Gasteiger partial charge in [-0.3, -0.25) is 9.69 Å². The Labute approximate surface area is 177 Å². The summed E-state index contributed by atoms with van der Waals surface area (Å²) in [4.78, 5) is 28.8. The van der Waals surface area contributed by atoms with Crippen molar-refractivity contribution in [2.24, 2.45) is 5.41 Å². The first-order chi connectivity index (χ1) is 14.7. The number of nitrogens with zero attached hydrogens (tertiary/aromatic N) is 6. The van der Waals surface area contributed by atoms with E-state index in [1.165, 1.54) is 0 Å². The van der Waals surface area contributed by atoms with Gasteiger partial charge in [-0.25, -0.2) is 9.97 Å². The smallest absolute Gasteiger partial charge is 0.230 e. The number of aromatic nitrogens is 3. The summed E-state index contributed by atoms with van der Waals surface area (Å²) < 4.78 is 7.45. The molecular weight excluding hydrogens is 380 g/mol. The molecule has 8 heteroatoms. The highest BCUT2D eigenvalue weighted by molar-refractivity contribution is 5.86. The first-order valence-corrected chi connectivity index (χ1v) is 11.0. The summed E-state index contributed by atoms with van der Waals surface area (Å²) in [5.74, 6) is 1.32. The third-order valence-corrected chi connectivity index (χ3v) is 6.80. The van der Waals surface area contributed by atoms with E-state index in [1.54, 1.807) is 6.20 Å². The maximum Gasteiger partial charge on any atom is 0.230 e. The lowest BCUT2D eigenvalue weighted by Gasteiger charge is -2.29. The summed E-state index contributed by atoms with van der Waals surface area (Å²) in [6.07, 6.45) is 9.38. The number of ether oxygens (including phenoxy) is 1. The Balaban J connectivity index is 1.17. The molecule has 0 saturated carbocycles. The van der Waals surface area contributed by atoms with Crippen molar-refractivity contribution in [1.82, 2.24) is 24.3 Å². The minimum atomic E-state index is -0.220. The van der Waals surface area contributed by atoms with Crippen LogP contribution >= 0.6 is 0 Å². The Bertz CT molecular complexity index is 849. The van der Waals surface area contributed by atoms with E-state index in [-0.39, 0.29) is 5.41 Å². The van der Waals surface area contributed by atoms with Crippen molar-refractivity contribution in [3.05, 3.63) is 42.6 Å². The molecule has 2 aromatic heterocycles. The molecule has 0 bridgehead atoms. The van der Waals surface area contributed by atoms with E-state index in [0.717, 1.165) is 89.8 Å². The number of carbonyl (C=O) groups excluding carboxylic acids is 1. The van der Waals surface area contributed by atoms with Crippen molar-refractivity contribution in [2.45, 2.75) is 19.4 Å². The van der Waals surface area contributed by atoms with Crippen LogP contribution in [0.5, 0.6) is 0 Å². The van der Waals surface area contributed by atoms with Gasteiger partial charge in [0, 0.05) is 70.9 Å². The van der Waals surface area contributed by atoms with Crippen molar-refractivity contribution in [1.29, 1.82) is 0 Å². The first kappa shape index (κ1) is 19.5. The Hall–Kier alpha value is -2.45. The second-order valence-corrected chi connectivity index (χ2v) is 8.71. The number of hydrogen-bond donors (Lipinski definition) is 0. The van der Waals surface area contributed by atoms with Crippen LogP contribution in [-0.4, -0.2) is 89.3 Å². The fraction of sp³-hybridized carbons (Fsp3) is 0.591. The fourth-order valence-corrected chi connectivity index (χ4v) is 4.93.